The van der Waals surface area contributed by atoms with Gasteiger partial charge in [-0.05, 0) is 31.0 Å². The maximum atomic E-state index is 7.53. The van der Waals surface area contributed by atoms with Crippen molar-refractivity contribution < 1.29 is 0 Å². The molecule has 2 aromatic rings. The Kier molecular flexibility index (Phi) is 2.18. The van der Waals surface area contributed by atoms with Gasteiger partial charge in [0, 0.05) is 18.3 Å². The highest BCUT2D eigenvalue weighted by Crippen LogP contribution is 2.39. The van der Waals surface area contributed by atoms with Crippen LogP contribution in [0.5, 0.6) is 0 Å². The van der Waals surface area contributed by atoms with Crippen molar-refractivity contribution in [3.63, 3.8) is 0 Å². The van der Waals surface area contributed by atoms with Crippen LogP contribution < -0.4 is 5.73 Å². The fraction of sp³-hybridized carbons (Fsp3) is 0.250. The van der Waals surface area contributed by atoms with E-state index in [4.69, 9.17) is 11.1 Å². The van der Waals surface area contributed by atoms with E-state index in [0.717, 1.165) is 5.69 Å². The molecule has 17 heavy (non-hydrogen) atoms. The number of pyridine rings is 1. The second-order valence-electron chi connectivity index (χ2n) is 4.25. The highest BCUT2D eigenvalue weighted by molar-refractivity contribution is 5.97. The van der Waals surface area contributed by atoms with E-state index >= 15 is 0 Å². The lowest BCUT2D eigenvalue weighted by molar-refractivity contribution is 0.810. The zero-order valence-electron chi connectivity index (χ0n) is 9.30. The first-order valence-electron chi connectivity index (χ1n) is 5.61. The van der Waals surface area contributed by atoms with E-state index in [2.05, 4.69) is 10.1 Å². The SMILES string of the molecule is N=C(N)c1cccnc1-n1ccc(C2CC2)n1. The Hall–Kier alpha value is -2.17. The van der Waals surface area contributed by atoms with Gasteiger partial charge < -0.3 is 5.73 Å². The Morgan fingerprint density at radius 1 is 1.41 bits per heavy atom. The molecule has 3 N–H and O–H groups in total. The minimum Gasteiger partial charge on any atom is -0.384 e. The molecule has 0 spiro atoms. The van der Waals surface area contributed by atoms with Gasteiger partial charge in [0.1, 0.15) is 5.84 Å². The maximum absolute atomic E-state index is 7.53. The summed E-state index contributed by atoms with van der Waals surface area (Å²) in [5, 5.41) is 12.0. The first-order valence-corrected chi connectivity index (χ1v) is 5.61. The summed E-state index contributed by atoms with van der Waals surface area (Å²) >= 11 is 0. The fourth-order valence-electron chi connectivity index (χ4n) is 1.84. The third-order valence-corrected chi connectivity index (χ3v) is 2.90. The van der Waals surface area contributed by atoms with Crippen molar-refractivity contribution in [1.82, 2.24) is 14.8 Å². The zero-order chi connectivity index (χ0) is 11.8. The minimum absolute atomic E-state index is 0.0107. The molecule has 5 nitrogen and oxygen atoms in total. The third-order valence-electron chi connectivity index (χ3n) is 2.90. The van der Waals surface area contributed by atoms with Crippen molar-refractivity contribution in [3.05, 3.63) is 41.9 Å². The van der Waals surface area contributed by atoms with E-state index in [0.29, 0.717) is 17.3 Å². The fourth-order valence-corrected chi connectivity index (χ4v) is 1.84. The van der Waals surface area contributed by atoms with Gasteiger partial charge >= 0.3 is 0 Å². The number of nitrogens with two attached hydrogens (primary N) is 1. The first-order chi connectivity index (χ1) is 8.25. The van der Waals surface area contributed by atoms with Crippen LogP contribution in [0.3, 0.4) is 0 Å². The van der Waals surface area contributed by atoms with Gasteiger partial charge in [-0.3, -0.25) is 5.41 Å². The Balaban J connectivity index is 2.04. The van der Waals surface area contributed by atoms with Gasteiger partial charge in [-0.2, -0.15) is 5.10 Å². The van der Waals surface area contributed by atoms with Crippen LogP contribution in [-0.4, -0.2) is 20.6 Å². The summed E-state index contributed by atoms with van der Waals surface area (Å²) in [6, 6.07) is 5.56. The summed E-state index contributed by atoms with van der Waals surface area (Å²) < 4.78 is 1.70. The van der Waals surface area contributed by atoms with E-state index in [1.54, 1.807) is 23.0 Å². The summed E-state index contributed by atoms with van der Waals surface area (Å²) in [7, 11) is 0. The number of amidine groups is 1. The molecule has 5 heteroatoms. The van der Waals surface area contributed by atoms with Crippen molar-refractivity contribution in [2.45, 2.75) is 18.8 Å². The number of nitrogens with one attached hydrogen (secondary N) is 1. The van der Waals surface area contributed by atoms with Gasteiger partial charge in [0.05, 0.1) is 11.3 Å². The van der Waals surface area contributed by atoms with Crippen molar-refractivity contribution in [2.24, 2.45) is 5.73 Å². The molecule has 3 rings (SSSR count). The van der Waals surface area contributed by atoms with Crippen LogP contribution in [0.2, 0.25) is 0 Å². The van der Waals surface area contributed by atoms with Gasteiger partial charge in [-0.1, -0.05) is 0 Å². The van der Waals surface area contributed by atoms with Gasteiger partial charge in [-0.15, -0.1) is 0 Å². The number of rotatable bonds is 3. The van der Waals surface area contributed by atoms with Gasteiger partial charge in [-0.25, -0.2) is 9.67 Å². The van der Waals surface area contributed by atoms with E-state index in [1.807, 2.05) is 12.3 Å². The molecule has 0 radical (unpaired) electrons. The molecule has 86 valence electrons. The normalized spacial score (nSPS) is 14.8. The maximum Gasteiger partial charge on any atom is 0.164 e. The molecule has 0 atom stereocenters. The standard InChI is InChI=1S/C12H13N5/c13-11(14)9-2-1-6-15-12(9)17-7-5-10(16-17)8-3-4-8/h1-2,5-8H,3-4H2,(H3,13,14). The average molecular weight is 227 g/mol. The molecule has 0 aromatic carbocycles. The van der Waals surface area contributed by atoms with Crippen LogP contribution >= 0.6 is 0 Å². The lowest BCUT2D eigenvalue weighted by Gasteiger charge is -2.06. The molecule has 0 amide bonds. The zero-order valence-corrected chi connectivity index (χ0v) is 9.30. The molecule has 2 aromatic heterocycles. The molecule has 1 aliphatic rings. The highest BCUT2D eigenvalue weighted by Gasteiger charge is 2.26. The smallest absolute Gasteiger partial charge is 0.164 e. The average Bonchev–Trinajstić information content (AvgIpc) is 3.07. The second kappa shape index (κ2) is 3.69. The molecule has 1 saturated carbocycles. The number of nitrogen functional groups attached to an aromatic ring is 1. The molecule has 1 aliphatic carbocycles. The lowest BCUT2D eigenvalue weighted by Crippen LogP contribution is -2.16. The van der Waals surface area contributed by atoms with Gasteiger partial charge in [0.25, 0.3) is 0 Å². The van der Waals surface area contributed by atoms with Crippen molar-refractivity contribution in [1.29, 1.82) is 5.41 Å². The molecule has 1 fully saturated rings. The minimum atomic E-state index is 0.0107. The monoisotopic (exact) mass is 227 g/mol. The molecule has 0 unspecified atom stereocenters. The van der Waals surface area contributed by atoms with Gasteiger partial charge in [0.15, 0.2) is 5.82 Å². The van der Waals surface area contributed by atoms with Crippen LogP contribution in [0.1, 0.15) is 30.0 Å². The van der Waals surface area contributed by atoms with Crippen molar-refractivity contribution in [2.75, 3.05) is 0 Å². The molecular formula is C12H13N5. The predicted octanol–water partition coefficient (Wildman–Crippen LogP) is 1.43. The Labute approximate surface area is 98.8 Å². The molecule has 0 bridgehead atoms. The van der Waals surface area contributed by atoms with E-state index < -0.39 is 0 Å². The van der Waals surface area contributed by atoms with Gasteiger partial charge in [0.2, 0.25) is 0 Å². The Morgan fingerprint density at radius 2 is 2.24 bits per heavy atom. The highest BCUT2D eigenvalue weighted by atomic mass is 15.3. The van der Waals surface area contributed by atoms with Crippen LogP contribution in [0.15, 0.2) is 30.6 Å². The molecular weight excluding hydrogens is 214 g/mol. The second-order valence-corrected chi connectivity index (χ2v) is 4.25. The number of aromatic nitrogens is 3. The summed E-state index contributed by atoms with van der Waals surface area (Å²) in [6.07, 6.45) is 6.00. The topological polar surface area (TPSA) is 80.6 Å². The van der Waals surface area contributed by atoms with Crippen molar-refractivity contribution >= 4 is 5.84 Å². The number of hydrogen-bond donors (Lipinski definition) is 2. The quantitative estimate of drug-likeness (QED) is 0.614. The van der Waals surface area contributed by atoms with E-state index in [-0.39, 0.29) is 5.84 Å². The molecule has 2 heterocycles. The van der Waals surface area contributed by atoms with Crippen LogP contribution in [0, 0.1) is 5.41 Å². The summed E-state index contributed by atoms with van der Waals surface area (Å²) in [5.41, 5.74) is 7.24. The third kappa shape index (κ3) is 1.80. The largest absolute Gasteiger partial charge is 0.384 e. The number of nitrogens with zero attached hydrogens (tertiary/aromatic N) is 3. The summed E-state index contributed by atoms with van der Waals surface area (Å²) in [5.74, 6) is 1.24. The number of hydrogen-bond acceptors (Lipinski definition) is 3. The van der Waals surface area contributed by atoms with Crippen molar-refractivity contribution in [3.8, 4) is 5.82 Å². The molecule has 0 saturated heterocycles. The first kappa shape index (κ1) is 10.0. The van der Waals surface area contributed by atoms with Crippen LogP contribution in [0.25, 0.3) is 5.82 Å². The van der Waals surface area contributed by atoms with Crippen LogP contribution in [-0.2, 0) is 0 Å². The van der Waals surface area contributed by atoms with E-state index in [1.165, 1.54) is 12.8 Å². The Bertz CT molecular complexity index is 568. The summed E-state index contributed by atoms with van der Waals surface area (Å²) in [4.78, 5) is 4.24. The van der Waals surface area contributed by atoms with E-state index in [9.17, 15) is 0 Å². The summed E-state index contributed by atoms with van der Waals surface area (Å²) in [6.45, 7) is 0. The Morgan fingerprint density at radius 3 is 2.94 bits per heavy atom. The lowest BCUT2D eigenvalue weighted by atomic mass is 10.2. The predicted molar refractivity (Wildman–Crippen MR) is 64.4 cm³/mol. The molecule has 0 aliphatic heterocycles. The van der Waals surface area contributed by atoms with Crippen LogP contribution in [0.4, 0.5) is 0 Å².